The number of carboxylic acid groups (broad SMARTS) is 3. The quantitative estimate of drug-likeness (QED) is 0.136. The van der Waals surface area contributed by atoms with E-state index in [2.05, 4.69) is 4.99 Å². The number of nitrogens with zero attached hydrogens (tertiary/aromatic N) is 1. The van der Waals surface area contributed by atoms with Crippen LogP contribution in [0.2, 0.25) is 0 Å². The van der Waals surface area contributed by atoms with Gasteiger partial charge in [0, 0.05) is 12.6 Å². The molecule has 0 saturated heterocycles. The highest BCUT2D eigenvalue weighted by Gasteiger charge is 2.11. The molecule has 22 heavy (non-hydrogen) atoms. The van der Waals surface area contributed by atoms with Crippen LogP contribution in [0.15, 0.2) is 4.99 Å². The fourth-order valence-electron chi connectivity index (χ4n) is 1.16. The zero-order valence-corrected chi connectivity index (χ0v) is 12.0. The fourth-order valence-corrected chi connectivity index (χ4v) is 1.16. The van der Waals surface area contributed by atoms with Gasteiger partial charge in [-0.05, 0) is 12.8 Å². The molecule has 0 radical (unpaired) electrons. The Morgan fingerprint density at radius 1 is 0.955 bits per heavy atom. The summed E-state index contributed by atoms with van der Waals surface area (Å²) in [7, 11) is 0. The average molecular weight is 321 g/mol. The molecule has 0 heterocycles. The second-order valence-corrected chi connectivity index (χ2v) is 4.35. The molecule has 0 unspecified atom stereocenters. The van der Waals surface area contributed by atoms with Gasteiger partial charge in [-0.1, -0.05) is 0 Å². The molecule has 0 spiro atoms. The first-order chi connectivity index (χ1) is 10.1. The summed E-state index contributed by atoms with van der Waals surface area (Å²) in [6.07, 6.45) is 0.357. The van der Waals surface area contributed by atoms with Crippen LogP contribution in [0, 0.1) is 0 Å². The molecule has 0 saturated carbocycles. The Morgan fingerprint density at radius 3 is 1.73 bits per heavy atom. The van der Waals surface area contributed by atoms with Crippen molar-refractivity contribution in [2.45, 2.75) is 37.8 Å². The van der Waals surface area contributed by atoms with E-state index in [9.17, 15) is 14.4 Å². The first-order valence-electron chi connectivity index (χ1n) is 6.29. The smallest absolute Gasteiger partial charge is 0.320 e. The third-order valence-electron chi connectivity index (χ3n) is 2.16. The summed E-state index contributed by atoms with van der Waals surface area (Å²) in [5.41, 5.74) is 20.4. The van der Waals surface area contributed by atoms with Crippen LogP contribution in [-0.2, 0) is 14.4 Å². The largest absolute Gasteiger partial charge is 0.481 e. The van der Waals surface area contributed by atoms with E-state index in [1.807, 2.05) is 0 Å². The number of guanidine groups is 1. The highest BCUT2D eigenvalue weighted by molar-refractivity contribution is 5.75. The standard InChI is InChI=1S/C6H14N4O2.C5H9NO4/c7-4(5(11)12)2-1-3-10-6(8)9;6-3(1-4(7)8)2-5(9)10/h4H,1-3,7H2,(H,11,12)(H4,8,9,10);3H,1-2,6H2,(H,7,8)(H,9,10)/t4-;/m1./s1. The number of hydrogen-bond acceptors (Lipinski definition) is 6. The molecule has 0 rings (SSSR count). The first kappa shape index (κ1) is 21.9. The summed E-state index contributed by atoms with van der Waals surface area (Å²) >= 11 is 0. The van der Waals surface area contributed by atoms with E-state index in [4.69, 9.17) is 38.3 Å². The third kappa shape index (κ3) is 17.6. The lowest BCUT2D eigenvalue weighted by Gasteiger charge is -2.03. The van der Waals surface area contributed by atoms with Gasteiger partial charge >= 0.3 is 17.9 Å². The maximum absolute atomic E-state index is 10.2. The SMILES string of the molecule is NC(CC(=O)O)CC(=O)O.NC(N)=NCCC[C@@H](N)C(=O)O. The van der Waals surface area contributed by atoms with E-state index in [0.717, 1.165) is 0 Å². The Kier molecular flexibility index (Phi) is 12.3. The number of carbonyl (C=O) groups is 3. The van der Waals surface area contributed by atoms with Crippen LogP contribution in [0.25, 0.3) is 0 Å². The van der Waals surface area contributed by atoms with Crippen molar-refractivity contribution in [2.75, 3.05) is 6.54 Å². The normalized spacial score (nSPS) is 11.0. The zero-order chi connectivity index (χ0) is 17.7. The predicted octanol–water partition coefficient (Wildman–Crippen LogP) is -2.28. The number of hydrogen-bond donors (Lipinski definition) is 7. The summed E-state index contributed by atoms with van der Waals surface area (Å²) in [6.45, 7) is 0.420. The molecule has 0 aromatic carbocycles. The maximum atomic E-state index is 10.2. The van der Waals surface area contributed by atoms with Crippen molar-refractivity contribution >= 4 is 23.9 Å². The molecule has 0 aliphatic rings. The van der Waals surface area contributed by atoms with E-state index in [-0.39, 0.29) is 18.8 Å². The van der Waals surface area contributed by atoms with Gasteiger partial charge in [-0.3, -0.25) is 19.4 Å². The topological polar surface area (TPSA) is 228 Å². The molecule has 0 fully saturated rings. The minimum atomic E-state index is -1.08. The van der Waals surface area contributed by atoms with Crippen molar-refractivity contribution in [1.29, 1.82) is 0 Å². The van der Waals surface area contributed by atoms with Crippen LogP contribution >= 0.6 is 0 Å². The number of aliphatic imine (C=N–C) groups is 1. The van der Waals surface area contributed by atoms with Crippen LogP contribution < -0.4 is 22.9 Å². The van der Waals surface area contributed by atoms with Crippen molar-refractivity contribution in [3.05, 3.63) is 0 Å². The van der Waals surface area contributed by atoms with Gasteiger partial charge in [0.1, 0.15) is 6.04 Å². The molecule has 0 aliphatic carbocycles. The number of nitrogens with two attached hydrogens (primary N) is 4. The van der Waals surface area contributed by atoms with Crippen molar-refractivity contribution in [3.63, 3.8) is 0 Å². The number of rotatable bonds is 9. The Bertz CT molecular complexity index is 380. The number of carboxylic acids is 3. The second kappa shape index (κ2) is 12.3. The van der Waals surface area contributed by atoms with E-state index >= 15 is 0 Å². The van der Waals surface area contributed by atoms with Crippen molar-refractivity contribution in [1.82, 2.24) is 0 Å². The minimum Gasteiger partial charge on any atom is -0.481 e. The monoisotopic (exact) mass is 321 g/mol. The van der Waals surface area contributed by atoms with Crippen molar-refractivity contribution in [3.8, 4) is 0 Å². The molecule has 11 nitrogen and oxygen atoms in total. The molecule has 0 bridgehead atoms. The molecule has 128 valence electrons. The van der Waals surface area contributed by atoms with Gasteiger partial charge in [-0.15, -0.1) is 0 Å². The zero-order valence-electron chi connectivity index (χ0n) is 12.0. The van der Waals surface area contributed by atoms with Crippen LogP contribution in [-0.4, -0.2) is 57.8 Å². The van der Waals surface area contributed by atoms with Gasteiger partial charge in [-0.25, -0.2) is 0 Å². The van der Waals surface area contributed by atoms with Gasteiger partial charge in [0.25, 0.3) is 0 Å². The van der Waals surface area contributed by atoms with Crippen LogP contribution in [0.5, 0.6) is 0 Å². The van der Waals surface area contributed by atoms with Crippen molar-refractivity contribution in [2.24, 2.45) is 27.9 Å². The lowest BCUT2D eigenvalue weighted by Crippen LogP contribution is -2.30. The van der Waals surface area contributed by atoms with Gasteiger partial charge in [-0.2, -0.15) is 0 Å². The van der Waals surface area contributed by atoms with E-state index in [1.165, 1.54) is 0 Å². The molecular weight excluding hydrogens is 298 g/mol. The lowest BCUT2D eigenvalue weighted by molar-refractivity contribution is -0.140. The Balaban J connectivity index is 0. The summed E-state index contributed by atoms with van der Waals surface area (Å²) in [6, 6.07) is -1.60. The second-order valence-electron chi connectivity index (χ2n) is 4.35. The Labute approximate surface area is 127 Å². The molecule has 11 N–H and O–H groups in total. The Hall–Kier alpha value is -2.40. The van der Waals surface area contributed by atoms with Gasteiger partial charge in [0.15, 0.2) is 5.96 Å². The molecule has 11 heteroatoms. The summed E-state index contributed by atoms with van der Waals surface area (Å²) in [5.74, 6) is -3.14. The summed E-state index contributed by atoms with van der Waals surface area (Å²) in [5, 5.41) is 24.6. The minimum absolute atomic E-state index is 0.0129. The summed E-state index contributed by atoms with van der Waals surface area (Å²) in [4.78, 5) is 33.7. The third-order valence-corrected chi connectivity index (χ3v) is 2.16. The molecule has 0 aromatic heterocycles. The van der Waals surface area contributed by atoms with Crippen LogP contribution in [0.4, 0.5) is 0 Å². The average Bonchev–Trinajstić information content (AvgIpc) is 2.32. The van der Waals surface area contributed by atoms with Gasteiger partial charge in [0.2, 0.25) is 0 Å². The Morgan fingerprint density at radius 2 is 1.41 bits per heavy atom. The molecule has 0 aromatic rings. The van der Waals surface area contributed by atoms with E-state index in [1.54, 1.807) is 0 Å². The fraction of sp³-hybridized carbons (Fsp3) is 0.636. The van der Waals surface area contributed by atoms with Crippen LogP contribution in [0.3, 0.4) is 0 Å². The molecule has 0 amide bonds. The highest BCUT2D eigenvalue weighted by Crippen LogP contribution is 1.94. The van der Waals surface area contributed by atoms with Gasteiger partial charge < -0.3 is 38.3 Å². The van der Waals surface area contributed by atoms with E-state index < -0.39 is 30.0 Å². The molecule has 1 atom stereocenters. The number of aliphatic carboxylic acids is 3. The van der Waals surface area contributed by atoms with E-state index in [0.29, 0.717) is 19.4 Å². The van der Waals surface area contributed by atoms with Gasteiger partial charge in [0.05, 0.1) is 12.8 Å². The summed E-state index contributed by atoms with van der Waals surface area (Å²) < 4.78 is 0. The highest BCUT2D eigenvalue weighted by atomic mass is 16.4. The molecular formula is C11H23N5O6. The first-order valence-corrected chi connectivity index (χ1v) is 6.29. The van der Waals surface area contributed by atoms with Crippen molar-refractivity contribution < 1.29 is 29.7 Å². The molecule has 0 aliphatic heterocycles. The van der Waals surface area contributed by atoms with Crippen LogP contribution in [0.1, 0.15) is 25.7 Å². The lowest BCUT2D eigenvalue weighted by atomic mass is 10.1. The maximum Gasteiger partial charge on any atom is 0.320 e. The predicted molar refractivity (Wildman–Crippen MR) is 78.0 cm³/mol.